The minimum absolute atomic E-state index is 0.274. The van der Waals surface area contributed by atoms with Gasteiger partial charge in [0.2, 0.25) is 5.89 Å². The molecule has 1 aromatic carbocycles. The van der Waals surface area contributed by atoms with E-state index in [0.29, 0.717) is 17.5 Å². The summed E-state index contributed by atoms with van der Waals surface area (Å²) < 4.78 is 18.9. The van der Waals surface area contributed by atoms with Crippen molar-refractivity contribution >= 4 is 0 Å². The lowest BCUT2D eigenvalue weighted by molar-refractivity contribution is 0.152. The lowest BCUT2D eigenvalue weighted by atomic mass is 10.0. The van der Waals surface area contributed by atoms with E-state index < -0.39 is 0 Å². The summed E-state index contributed by atoms with van der Waals surface area (Å²) in [5.41, 5.74) is 1.59. The highest BCUT2D eigenvalue weighted by molar-refractivity contribution is 5.52. The Labute approximate surface area is 136 Å². The molecule has 0 aliphatic carbocycles. The molecule has 23 heavy (non-hydrogen) atoms. The second-order valence-corrected chi connectivity index (χ2v) is 6.11. The summed E-state index contributed by atoms with van der Waals surface area (Å²) in [7, 11) is 0. The van der Waals surface area contributed by atoms with E-state index in [1.807, 2.05) is 6.07 Å². The first kappa shape index (κ1) is 16.1. The number of halogens is 1. The molecule has 124 valence electrons. The predicted molar refractivity (Wildman–Crippen MR) is 88.5 cm³/mol. The van der Waals surface area contributed by atoms with Crippen molar-refractivity contribution in [3.05, 3.63) is 42.0 Å². The molecule has 1 saturated heterocycles. The fourth-order valence-electron chi connectivity index (χ4n) is 3.19. The second-order valence-electron chi connectivity index (χ2n) is 6.11. The number of hydrogen-bond donors (Lipinski definition) is 1. The SMILES string of the molecule is CCCN(Cc1coc(-c2cccc(F)c2)n1)C1CCNCC1. The molecule has 1 N–H and O–H groups in total. The Morgan fingerprint density at radius 1 is 1.35 bits per heavy atom. The molecular formula is C18H24FN3O. The van der Waals surface area contributed by atoms with Crippen molar-refractivity contribution < 1.29 is 8.81 Å². The van der Waals surface area contributed by atoms with Crippen LogP contribution >= 0.6 is 0 Å². The number of oxazole rings is 1. The molecule has 0 unspecified atom stereocenters. The standard InChI is InChI=1S/C18H24FN3O/c1-2-10-22(17-6-8-20-9-7-17)12-16-13-23-18(21-16)14-4-3-5-15(19)11-14/h3-5,11,13,17,20H,2,6-10,12H2,1H3. The molecular weight excluding hydrogens is 293 g/mol. The maximum absolute atomic E-state index is 13.3. The van der Waals surface area contributed by atoms with Crippen molar-refractivity contribution in [3.8, 4) is 11.5 Å². The van der Waals surface area contributed by atoms with E-state index in [2.05, 4.69) is 22.1 Å². The number of nitrogens with one attached hydrogen (secondary N) is 1. The van der Waals surface area contributed by atoms with Crippen molar-refractivity contribution in [2.24, 2.45) is 0 Å². The minimum atomic E-state index is -0.274. The van der Waals surface area contributed by atoms with E-state index in [9.17, 15) is 4.39 Å². The van der Waals surface area contributed by atoms with Crippen molar-refractivity contribution in [3.63, 3.8) is 0 Å². The number of nitrogens with zero attached hydrogens (tertiary/aromatic N) is 2. The molecule has 3 rings (SSSR count). The Kier molecular flexibility index (Phi) is 5.41. The van der Waals surface area contributed by atoms with Gasteiger partial charge in [0.15, 0.2) is 0 Å². The van der Waals surface area contributed by atoms with Gasteiger partial charge in [0.05, 0.1) is 5.69 Å². The van der Waals surface area contributed by atoms with Crippen LogP contribution in [0.1, 0.15) is 31.9 Å². The highest BCUT2D eigenvalue weighted by Gasteiger charge is 2.21. The first-order chi connectivity index (χ1) is 11.3. The van der Waals surface area contributed by atoms with Gasteiger partial charge in [0, 0.05) is 18.2 Å². The maximum Gasteiger partial charge on any atom is 0.226 e. The van der Waals surface area contributed by atoms with Gasteiger partial charge in [-0.2, -0.15) is 0 Å². The molecule has 0 amide bonds. The Morgan fingerprint density at radius 3 is 2.91 bits per heavy atom. The molecule has 0 spiro atoms. The van der Waals surface area contributed by atoms with E-state index in [1.54, 1.807) is 12.3 Å². The molecule has 0 atom stereocenters. The van der Waals surface area contributed by atoms with Gasteiger partial charge in [-0.3, -0.25) is 4.90 Å². The summed E-state index contributed by atoms with van der Waals surface area (Å²) in [5, 5.41) is 3.41. The number of benzene rings is 1. The predicted octanol–water partition coefficient (Wildman–Crippen LogP) is 3.44. The summed E-state index contributed by atoms with van der Waals surface area (Å²) in [4.78, 5) is 7.04. The van der Waals surface area contributed by atoms with Gasteiger partial charge in [0.1, 0.15) is 12.1 Å². The van der Waals surface area contributed by atoms with Gasteiger partial charge in [-0.1, -0.05) is 13.0 Å². The lowest BCUT2D eigenvalue weighted by Crippen LogP contribution is -2.43. The van der Waals surface area contributed by atoms with Crippen LogP contribution in [0.4, 0.5) is 4.39 Å². The van der Waals surface area contributed by atoms with E-state index in [4.69, 9.17) is 4.42 Å². The number of aromatic nitrogens is 1. The second kappa shape index (κ2) is 7.70. The van der Waals surface area contributed by atoms with Gasteiger partial charge < -0.3 is 9.73 Å². The molecule has 0 saturated carbocycles. The van der Waals surface area contributed by atoms with Crippen molar-refractivity contribution in [1.82, 2.24) is 15.2 Å². The first-order valence-corrected chi connectivity index (χ1v) is 8.41. The van der Waals surface area contributed by atoms with E-state index in [1.165, 1.54) is 25.0 Å². The summed E-state index contributed by atoms with van der Waals surface area (Å²) in [6.07, 6.45) is 5.17. The molecule has 5 heteroatoms. The summed E-state index contributed by atoms with van der Waals surface area (Å²) in [6, 6.07) is 6.97. The summed E-state index contributed by atoms with van der Waals surface area (Å²) >= 11 is 0. The van der Waals surface area contributed by atoms with Crippen LogP contribution in [-0.4, -0.2) is 35.6 Å². The van der Waals surface area contributed by atoms with Crippen LogP contribution < -0.4 is 5.32 Å². The van der Waals surface area contributed by atoms with Crippen molar-refractivity contribution in [1.29, 1.82) is 0 Å². The van der Waals surface area contributed by atoms with Crippen LogP contribution in [0.15, 0.2) is 34.9 Å². The average Bonchev–Trinajstić information content (AvgIpc) is 3.04. The van der Waals surface area contributed by atoms with E-state index in [-0.39, 0.29) is 5.82 Å². The third kappa shape index (κ3) is 4.18. The normalized spacial score (nSPS) is 16.1. The molecule has 1 aliphatic heterocycles. The van der Waals surface area contributed by atoms with Gasteiger partial charge >= 0.3 is 0 Å². The van der Waals surface area contributed by atoms with E-state index in [0.717, 1.165) is 38.3 Å². The molecule has 0 bridgehead atoms. The number of hydrogen-bond acceptors (Lipinski definition) is 4. The third-order valence-electron chi connectivity index (χ3n) is 4.32. The van der Waals surface area contributed by atoms with Crippen LogP contribution in [0, 0.1) is 5.82 Å². The zero-order valence-corrected chi connectivity index (χ0v) is 13.6. The van der Waals surface area contributed by atoms with Crippen LogP contribution in [-0.2, 0) is 6.54 Å². The monoisotopic (exact) mass is 317 g/mol. The number of piperidine rings is 1. The quantitative estimate of drug-likeness (QED) is 0.886. The molecule has 0 radical (unpaired) electrons. The highest BCUT2D eigenvalue weighted by Crippen LogP contribution is 2.21. The topological polar surface area (TPSA) is 41.3 Å². The molecule has 4 nitrogen and oxygen atoms in total. The van der Waals surface area contributed by atoms with Gasteiger partial charge in [0.25, 0.3) is 0 Å². The smallest absolute Gasteiger partial charge is 0.226 e. The largest absolute Gasteiger partial charge is 0.444 e. The van der Waals surface area contributed by atoms with Crippen LogP contribution in [0.3, 0.4) is 0 Å². The summed E-state index contributed by atoms with van der Waals surface area (Å²) in [6.45, 7) is 6.22. The van der Waals surface area contributed by atoms with Crippen molar-refractivity contribution in [2.45, 2.75) is 38.8 Å². The van der Waals surface area contributed by atoms with Crippen molar-refractivity contribution in [2.75, 3.05) is 19.6 Å². The Bertz CT molecular complexity index is 622. The van der Waals surface area contributed by atoms with Crippen LogP contribution in [0.25, 0.3) is 11.5 Å². The Morgan fingerprint density at radius 2 is 2.17 bits per heavy atom. The summed E-state index contributed by atoms with van der Waals surface area (Å²) in [5.74, 6) is 0.214. The van der Waals surface area contributed by atoms with Gasteiger partial charge in [-0.25, -0.2) is 9.37 Å². The van der Waals surface area contributed by atoms with Gasteiger partial charge in [-0.05, 0) is 57.1 Å². The molecule has 1 fully saturated rings. The molecule has 2 heterocycles. The minimum Gasteiger partial charge on any atom is -0.444 e. The first-order valence-electron chi connectivity index (χ1n) is 8.41. The Balaban J connectivity index is 1.71. The fourth-order valence-corrected chi connectivity index (χ4v) is 3.19. The molecule has 1 aromatic heterocycles. The number of rotatable bonds is 6. The van der Waals surface area contributed by atoms with Crippen LogP contribution in [0.2, 0.25) is 0 Å². The zero-order valence-electron chi connectivity index (χ0n) is 13.6. The molecule has 1 aliphatic rings. The highest BCUT2D eigenvalue weighted by atomic mass is 19.1. The fraction of sp³-hybridized carbons (Fsp3) is 0.500. The zero-order chi connectivity index (χ0) is 16.1. The van der Waals surface area contributed by atoms with Crippen LogP contribution in [0.5, 0.6) is 0 Å². The Hall–Kier alpha value is -1.72. The van der Waals surface area contributed by atoms with E-state index >= 15 is 0 Å². The molecule has 2 aromatic rings. The average molecular weight is 317 g/mol. The maximum atomic E-state index is 13.3. The lowest BCUT2D eigenvalue weighted by Gasteiger charge is -2.33. The third-order valence-corrected chi connectivity index (χ3v) is 4.32. The van der Waals surface area contributed by atoms with Gasteiger partial charge in [-0.15, -0.1) is 0 Å².